The first kappa shape index (κ1) is 13.7. The number of thioether (sulfide) groups is 2. The number of furan rings is 1. The summed E-state index contributed by atoms with van der Waals surface area (Å²) in [4.78, 5) is 0. The first-order chi connectivity index (χ1) is 9.15. The highest BCUT2D eigenvalue weighted by molar-refractivity contribution is 8.07. The van der Waals surface area contributed by atoms with Crippen LogP contribution in [0.15, 0.2) is 28.7 Å². The number of benzene rings is 1. The van der Waals surface area contributed by atoms with Crippen molar-refractivity contribution in [3.63, 3.8) is 0 Å². The highest BCUT2D eigenvalue weighted by Gasteiger charge is 2.32. The van der Waals surface area contributed by atoms with Crippen molar-refractivity contribution in [1.82, 2.24) is 0 Å². The summed E-state index contributed by atoms with van der Waals surface area (Å²) >= 11 is 9.71. The largest absolute Gasteiger partial charge is 0.458 e. The van der Waals surface area contributed by atoms with E-state index in [0.717, 1.165) is 22.5 Å². The topological polar surface area (TPSA) is 33.4 Å². The molecule has 1 saturated heterocycles. The van der Waals surface area contributed by atoms with Crippen LogP contribution in [0.4, 0.5) is 0 Å². The molecule has 3 rings (SSSR count). The number of fused-ring (bicyclic) bond motifs is 1. The summed E-state index contributed by atoms with van der Waals surface area (Å²) in [6, 6.07) is 7.42. The number of rotatable bonds is 2. The van der Waals surface area contributed by atoms with Crippen molar-refractivity contribution >= 4 is 46.1 Å². The number of aliphatic hydroxyl groups is 1. The van der Waals surface area contributed by atoms with E-state index < -0.39 is 6.10 Å². The fraction of sp³-hybridized carbons (Fsp3) is 0.429. The van der Waals surface area contributed by atoms with E-state index in [0.29, 0.717) is 16.0 Å². The minimum Gasteiger partial charge on any atom is -0.458 e. The van der Waals surface area contributed by atoms with Gasteiger partial charge in [-0.1, -0.05) is 18.5 Å². The summed E-state index contributed by atoms with van der Waals surface area (Å²) in [5, 5.41) is 12.8. The summed E-state index contributed by atoms with van der Waals surface area (Å²) in [5.74, 6) is 2.89. The molecular weight excluding hydrogens is 300 g/mol. The fourth-order valence-electron chi connectivity index (χ4n) is 2.34. The Morgan fingerprint density at radius 2 is 2.11 bits per heavy atom. The van der Waals surface area contributed by atoms with Gasteiger partial charge in [0, 0.05) is 32.4 Å². The summed E-state index contributed by atoms with van der Waals surface area (Å²) < 4.78 is 5.76. The molecule has 0 amide bonds. The van der Waals surface area contributed by atoms with Crippen LogP contribution < -0.4 is 0 Å². The maximum absolute atomic E-state index is 10.5. The third-order valence-corrected chi connectivity index (χ3v) is 6.75. The molecule has 0 bridgehead atoms. The molecule has 1 aromatic heterocycles. The second-order valence-electron chi connectivity index (χ2n) is 4.69. The first-order valence-electron chi connectivity index (χ1n) is 6.25. The molecule has 19 heavy (non-hydrogen) atoms. The van der Waals surface area contributed by atoms with Crippen LogP contribution in [-0.4, -0.2) is 27.1 Å². The second-order valence-corrected chi connectivity index (χ2v) is 7.89. The molecule has 2 heterocycles. The van der Waals surface area contributed by atoms with Gasteiger partial charge in [-0.05, 0) is 24.3 Å². The van der Waals surface area contributed by atoms with Gasteiger partial charge >= 0.3 is 0 Å². The van der Waals surface area contributed by atoms with Gasteiger partial charge in [-0.3, -0.25) is 0 Å². The van der Waals surface area contributed by atoms with Gasteiger partial charge < -0.3 is 9.52 Å². The Balaban J connectivity index is 1.90. The van der Waals surface area contributed by atoms with Crippen LogP contribution in [0.3, 0.4) is 0 Å². The summed E-state index contributed by atoms with van der Waals surface area (Å²) in [6.45, 7) is 2.17. The van der Waals surface area contributed by atoms with Gasteiger partial charge in [-0.25, -0.2) is 0 Å². The average molecular weight is 315 g/mol. The molecule has 1 aromatic carbocycles. The van der Waals surface area contributed by atoms with E-state index in [4.69, 9.17) is 16.0 Å². The molecule has 1 N–H and O–H groups in total. The Bertz CT molecular complexity index is 584. The van der Waals surface area contributed by atoms with Gasteiger partial charge in [0.05, 0.1) is 0 Å². The Labute approximate surface area is 125 Å². The molecule has 2 aromatic rings. The van der Waals surface area contributed by atoms with Crippen LogP contribution in [-0.2, 0) is 0 Å². The number of hydrogen-bond acceptors (Lipinski definition) is 4. The summed E-state index contributed by atoms with van der Waals surface area (Å²) in [7, 11) is 0. The predicted molar refractivity (Wildman–Crippen MR) is 84.3 cm³/mol. The van der Waals surface area contributed by atoms with Crippen LogP contribution in [0.5, 0.6) is 0 Å². The molecule has 3 atom stereocenters. The molecule has 5 heteroatoms. The minimum atomic E-state index is -0.557. The number of halogens is 1. The highest BCUT2D eigenvalue weighted by Crippen LogP contribution is 2.40. The molecule has 3 unspecified atom stereocenters. The van der Waals surface area contributed by atoms with Gasteiger partial charge in [0.1, 0.15) is 17.4 Å². The van der Waals surface area contributed by atoms with E-state index in [2.05, 4.69) is 6.92 Å². The van der Waals surface area contributed by atoms with Crippen molar-refractivity contribution in [1.29, 1.82) is 0 Å². The molecule has 1 aliphatic heterocycles. The van der Waals surface area contributed by atoms with E-state index in [1.165, 1.54) is 0 Å². The van der Waals surface area contributed by atoms with E-state index >= 15 is 0 Å². The van der Waals surface area contributed by atoms with E-state index in [1.54, 1.807) is 6.07 Å². The lowest BCUT2D eigenvalue weighted by Gasteiger charge is -2.30. The highest BCUT2D eigenvalue weighted by atomic mass is 35.5. The Hall–Kier alpha value is -0.290. The maximum atomic E-state index is 10.5. The lowest BCUT2D eigenvalue weighted by molar-refractivity contribution is 0.149. The van der Waals surface area contributed by atoms with Crippen molar-refractivity contribution in [2.24, 2.45) is 0 Å². The van der Waals surface area contributed by atoms with Gasteiger partial charge in [0.25, 0.3) is 0 Å². The maximum Gasteiger partial charge on any atom is 0.135 e. The third kappa shape index (κ3) is 2.77. The first-order valence-corrected chi connectivity index (χ1v) is 8.73. The van der Waals surface area contributed by atoms with Gasteiger partial charge in [0.2, 0.25) is 0 Å². The van der Waals surface area contributed by atoms with Gasteiger partial charge in [-0.2, -0.15) is 23.5 Å². The molecule has 0 aliphatic carbocycles. The zero-order chi connectivity index (χ0) is 13.4. The molecule has 1 aliphatic rings. The second kappa shape index (κ2) is 5.60. The van der Waals surface area contributed by atoms with Crippen molar-refractivity contribution in [3.05, 3.63) is 35.0 Å². The van der Waals surface area contributed by atoms with E-state index in [9.17, 15) is 5.11 Å². The SMILES string of the molecule is CC1SCCSC1C(O)c1cc2cc(Cl)ccc2o1. The molecule has 102 valence electrons. The fourth-order valence-corrected chi connectivity index (χ4v) is 5.33. The predicted octanol–water partition coefficient (Wildman–Crippen LogP) is 4.36. The van der Waals surface area contributed by atoms with Crippen LogP contribution in [0, 0.1) is 0 Å². The number of aliphatic hydroxyl groups excluding tert-OH is 1. The lowest BCUT2D eigenvalue weighted by Crippen LogP contribution is -2.29. The molecule has 0 spiro atoms. The van der Waals surface area contributed by atoms with E-state index in [1.807, 2.05) is 41.7 Å². The Morgan fingerprint density at radius 3 is 2.89 bits per heavy atom. The smallest absolute Gasteiger partial charge is 0.135 e. The van der Waals surface area contributed by atoms with Gasteiger partial charge in [-0.15, -0.1) is 0 Å². The van der Waals surface area contributed by atoms with Crippen LogP contribution in [0.25, 0.3) is 11.0 Å². The van der Waals surface area contributed by atoms with Crippen LogP contribution in [0.2, 0.25) is 5.02 Å². The standard InChI is InChI=1S/C14H15ClO2S2/c1-8-14(19-5-4-18-8)13(16)12-7-9-6-10(15)2-3-11(9)17-12/h2-3,6-8,13-14,16H,4-5H2,1H3. The Morgan fingerprint density at radius 1 is 1.32 bits per heavy atom. The zero-order valence-corrected chi connectivity index (χ0v) is 12.9. The van der Waals surface area contributed by atoms with Gasteiger partial charge in [0.15, 0.2) is 0 Å². The van der Waals surface area contributed by atoms with Crippen molar-refractivity contribution < 1.29 is 9.52 Å². The average Bonchev–Trinajstić information content (AvgIpc) is 2.81. The number of hydrogen-bond donors (Lipinski definition) is 1. The minimum absolute atomic E-state index is 0.190. The monoisotopic (exact) mass is 314 g/mol. The summed E-state index contributed by atoms with van der Waals surface area (Å²) in [6.07, 6.45) is -0.557. The molecule has 2 nitrogen and oxygen atoms in total. The zero-order valence-electron chi connectivity index (χ0n) is 10.5. The molecule has 0 radical (unpaired) electrons. The quantitative estimate of drug-likeness (QED) is 0.893. The molecule has 0 saturated carbocycles. The van der Waals surface area contributed by atoms with Crippen molar-refractivity contribution in [2.45, 2.75) is 23.5 Å². The molecular formula is C14H15ClO2S2. The molecule has 1 fully saturated rings. The van der Waals surface area contributed by atoms with Crippen molar-refractivity contribution in [3.8, 4) is 0 Å². The van der Waals surface area contributed by atoms with E-state index in [-0.39, 0.29) is 5.25 Å². The normalized spacial score (nSPS) is 25.6. The third-order valence-electron chi connectivity index (χ3n) is 3.34. The van der Waals surface area contributed by atoms with Crippen LogP contribution in [0.1, 0.15) is 18.8 Å². The lowest BCUT2D eigenvalue weighted by atomic mass is 10.1. The Kier molecular flexibility index (Phi) is 4.03. The summed E-state index contributed by atoms with van der Waals surface area (Å²) in [5.41, 5.74) is 0.777. The van der Waals surface area contributed by atoms with Crippen LogP contribution >= 0.6 is 35.1 Å². The van der Waals surface area contributed by atoms with Crippen molar-refractivity contribution in [2.75, 3.05) is 11.5 Å².